The Bertz CT molecular complexity index is 715. The summed E-state index contributed by atoms with van der Waals surface area (Å²) in [6.07, 6.45) is 1.55. The number of aromatic nitrogens is 2. The van der Waals surface area contributed by atoms with Gasteiger partial charge in [0.05, 0.1) is 7.05 Å². The summed E-state index contributed by atoms with van der Waals surface area (Å²) in [5.41, 5.74) is 2.03. The van der Waals surface area contributed by atoms with Crippen molar-refractivity contribution in [2.24, 2.45) is 12.0 Å². The second-order valence-electron chi connectivity index (χ2n) is 5.35. The number of urea groups is 1. The molecule has 1 aromatic heterocycles. The molecule has 0 N–H and O–H groups in total. The minimum Gasteiger partial charge on any atom is -0.270 e. The van der Waals surface area contributed by atoms with Gasteiger partial charge in [-0.2, -0.15) is 0 Å². The first-order valence-corrected chi connectivity index (χ1v) is 6.76. The molecule has 0 saturated carbocycles. The smallest absolute Gasteiger partial charge is 0.270 e. The van der Waals surface area contributed by atoms with Gasteiger partial charge in [0, 0.05) is 13.6 Å². The second-order valence-corrected chi connectivity index (χ2v) is 5.35. The summed E-state index contributed by atoms with van der Waals surface area (Å²) >= 11 is 0. The van der Waals surface area contributed by atoms with Crippen LogP contribution in [0.3, 0.4) is 0 Å². The molecule has 7 heteroatoms. The molecule has 1 unspecified atom stereocenters. The predicted molar refractivity (Wildman–Crippen MR) is 76.3 cm³/mol. The summed E-state index contributed by atoms with van der Waals surface area (Å²) in [6, 6.07) is -0.930. The molecule has 0 radical (unpaired) electrons. The predicted octanol–water partition coefficient (Wildman–Crippen LogP) is 0.594. The Balaban J connectivity index is 2.18. The Morgan fingerprint density at radius 3 is 2.67 bits per heavy atom. The maximum absolute atomic E-state index is 12.7. The lowest BCUT2D eigenvalue weighted by molar-refractivity contribution is -0.663. The lowest BCUT2D eigenvalue weighted by atomic mass is 10.1. The van der Waals surface area contributed by atoms with Crippen LogP contribution in [0.4, 0.5) is 10.7 Å². The molecular formula is C14H18N5O2+. The van der Waals surface area contributed by atoms with E-state index >= 15 is 0 Å². The van der Waals surface area contributed by atoms with E-state index in [2.05, 4.69) is 11.6 Å². The van der Waals surface area contributed by atoms with Crippen LogP contribution in [0.2, 0.25) is 0 Å². The van der Waals surface area contributed by atoms with Gasteiger partial charge in [0.1, 0.15) is 11.4 Å². The Morgan fingerprint density at radius 2 is 2.05 bits per heavy atom. The van der Waals surface area contributed by atoms with Gasteiger partial charge in [-0.05, 0) is 13.8 Å². The zero-order valence-corrected chi connectivity index (χ0v) is 12.6. The summed E-state index contributed by atoms with van der Waals surface area (Å²) in [5, 5.41) is 0. The van der Waals surface area contributed by atoms with E-state index in [-0.39, 0.29) is 18.5 Å². The lowest BCUT2D eigenvalue weighted by Crippen LogP contribution is -2.57. The quantitative estimate of drug-likeness (QED) is 0.591. The van der Waals surface area contributed by atoms with Gasteiger partial charge >= 0.3 is 12.0 Å². The Labute approximate surface area is 122 Å². The number of nitrogens with zero attached hydrogens (tertiary/aromatic N) is 5. The van der Waals surface area contributed by atoms with Crippen LogP contribution in [0, 0.1) is 13.8 Å². The van der Waals surface area contributed by atoms with Crippen LogP contribution in [-0.2, 0) is 11.8 Å². The molecule has 1 aromatic rings. The number of rotatable bonds is 2. The number of hydrogen-bond acceptors (Lipinski definition) is 3. The van der Waals surface area contributed by atoms with Crippen molar-refractivity contribution >= 4 is 23.7 Å². The first-order chi connectivity index (χ1) is 9.90. The summed E-state index contributed by atoms with van der Waals surface area (Å²) in [4.78, 5) is 32.1. The summed E-state index contributed by atoms with van der Waals surface area (Å²) < 4.78 is 3.83. The molecule has 1 atom stereocenters. The highest BCUT2D eigenvalue weighted by molar-refractivity contribution is 6.20. The van der Waals surface area contributed by atoms with Crippen LogP contribution in [0.1, 0.15) is 17.4 Å². The van der Waals surface area contributed by atoms with Crippen molar-refractivity contribution in [1.29, 1.82) is 0 Å². The number of aliphatic imine (C=N–C) groups is 1. The van der Waals surface area contributed by atoms with Crippen molar-refractivity contribution in [2.75, 3.05) is 13.6 Å². The molecule has 0 aliphatic carbocycles. The first-order valence-electron chi connectivity index (χ1n) is 6.76. The highest BCUT2D eigenvalue weighted by atomic mass is 16.2. The molecule has 110 valence electrons. The highest BCUT2D eigenvalue weighted by Gasteiger charge is 2.53. The monoisotopic (exact) mass is 288 g/mol. The standard InChI is InChI=1S/C14H18N5O2/c1-6-7-18-12(20)10-11(17(5)14(18)21)15-13-16(4)8(2)9(3)19(10)13/h6,10H,1,7H2,2-5H3/q+1. The van der Waals surface area contributed by atoms with Gasteiger partial charge in [-0.1, -0.05) is 11.1 Å². The molecule has 3 heterocycles. The minimum atomic E-state index is -0.567. The normalized spacial score (nSPS) is 20.6. The number of fused-ring (bicyclic) bond motifs is 3. The van der Waals surface area contributed by atoms with Crippen LogP contribution >= 0.6 is 0 Å². The third-order valence-corrected chi connectivity index (χ3v) is 4.29. The number of carbonyl (C=O) groups is 2. The molecule has 2 aliphatic heterocycles. The molecule has 7 nitrogen and oxygen atoms in total. The zero-order chi connectivity index (χ0) is 15.5. The molecule has 21 heavy (non-hydrogen) atoms. The molecule has 1 fully saturated rings. The third-order valence-electron chi connectivity index (χ3n) is 4.29. The zero-order valence-electron chi connectivity index (χ0n) is 12.6. The van der Waals surface area contributed by atoms with Crippen LogP contribution in [0.25, 0.3) is 0 Å². The number of hydrogen-bond donors (Lipinski definition) is 0. The van der Waals surface area contributed by atoms with E-state index in [1.165, 1.54) is 9.80 Å². The first kappa shape index (κ1) is 13.5. The number of amides is 3. The lowest BCUT2D eigenvalue weighted by Gasteiger charge is -2.32. The van der Waals surface area contributed by atoms with E-state index in [9.17, 15) is 9.59 Å². The fourth-order valence-electron chi connectivity index (χ4n) is 2.89. The van der Waals surface area contributed by atoms with Crippen molar-refractivity contribution < 1.29 is 14.2 Å². The summed E-state index contributed by atoms with van der Waals surface area (Å²) in [5.74, 6) is 0.923. The fourth-order valence-corrected chi connectivity index (χ4v) is 2.89. The Kier molecular flexibility index (Phi) is 2.76. The van der Waals surface area contributed by atoms with Crippen LogP contribution in [0.15, 0.2) is 17.6 Å². The second kappa shape index (κ2) is 4.28. The highest BCUT2D eigenvalue weighted by Crippen LogP contribution is 2.34. The minimum absolute atomic E-state index is 0.201. The number of likely N-dealkylation sites (N-methyl/N-ethyl adjacent to an activating group) is 1. The molecular weight excluding hydrogens is 270 g/mol. The van der Waals surface area contributed by atoms with Gasteiger partial charge in [0.25, 0.3) is 5.91 Å². The number of carbonyl (C=O) groups excluding carboxylic acids is 2. The van der Waals surface area contributed by atoms with Gasteiger partial charge in [-0.25, -0.2) is 13.9 Å². The van der Waals surface area contributed by atoms with E-state index in [0.29, 0.717) is 11.8 Å². The molecule has 2 aliphatic rings. The fraction of sp³-hybridized carbons (Fsp3) is 0.429. The van der Waals surface area contributed by atoms with E-state index < -0.39 is 6.04 Å². The van der Waals surface area contributed by atoms with Crippen molar-refractivity contribution in [2.45, 2.75) is 19.9 Å². The van der Waals surface area contributed by atoms with E-state index in [0.717, 1.165) is 11.4 Å². The van der Waals surface area contributed by atoms with Crippen molar-refractivity contribution in [3.8, 4) is 0 Å². The van der Waals surface area contributed by atoms with Gasteiger partial charge in [0.2, 0.25) is 11.9 Å². The van der Waals surface area contributed by atoms with Crippen molar-refractivity contribution in [3.63, 3.8) is 0 Å². The Morgan fingerprint density at radius 1 is 1.38 bits per heavy atom. The van der Waals surface area contributed by atoms with Crippen LogP contribution in [0.5, 0.6) is 0 Å². The molecule has 0 bridgehead atoms. The number of imide groups is 1. The molecule has 1 saturated heterocycles. The van der Waals surface area contributed by atoms with E-state index in [4.69, 9.17) is 0 Å². The summed E-state index contributed by atoms with van der Waals surface area (Å²) in [7, 11) is 3.55. The molecule has 0 spiro atoms. The maximum Gasteiger partial charge on any atom is 0.401 e. The molecule has 3 rings (SSSR count). The molecule has 3 amide bonds. The summed E-state index contributed by atoms with van der Waals surface area (Å²) in [6.45, 7) is 7.75. The number of amidine groups is 1. The van der Waals surface area contributed by atoms with E-state index in [1.807, 2.05) is 30.0 Å². The SMILES string of the molecule is C=CCN1C(=O)C2C(=Nc3n2c(C)c(C)[n+]3C)N(C)C1=O. The van der Waals surface area contributed by atoms with Crippen LogP contribution in [-0.4, -0.2) is 45.7 Å². The molecule has 0 aromatic carbocycles. The van der Waals surface area contributed by atoms with Crippen molar-refractivity contribution in [1.82, 2.24) is 14.4 Å². The van der Waals surface area contributed by atoms with Gasteiger partial charge in [0.15, 0.2) is 0 Å². The average molecular weight is 288 g/mol. The van der Waals surface area contributed by atoms with Crippen LogP contribution < -0.4 is 4.57 Å². The third kappa shape index (κ3) is 1.54. The Hall–Kier alpha value is -2.44. The van der Waals surface area contributed by atoms with E-state index in [1.54, 1.807) is 13.1 Å². The van der Waals surface area contributed by atoms with Gasteiger partial charge < -0.3 is 0 Å². The topological polar surface area (TPSA) is 61.8 Å². The largest absolute Gasteiger partial charge is 0.401 e. The van der Waals surface area contributed by atoms with Crippen molar-refractivity contribution in [3.05, 3.63) is 24.0 Å². The van der Waals surface area contributed by atoms with Gasteiger partial charge in [-0.3, -0.25) is 14.6 Å². The number of imidazole rings is 1. The maximum atomic E-state index is 12.7. The van der Waals surface area contributed by atoms with Gasteiger partial charge in [-0.15, -0.1) is 6.58 Å². The average Bonchev–Trinajstić information content (AvgIpc) is 2.95.